The lowest BCUT2D eigenvalue weighted by Crippen LogP contribution is -2.59. The van der Waals surface area contributed by atoms with E-state index < -0.39 is 43.4 Å². The maximum absolute atomic E-state index is 12.7. The van der Waals surface area contributed by atoms with Gasteiger partial charge < -0.3 is 39.4 Å². The summed E-state index contributed by atoms with van der Waals surface area (Å²) in [7, 11) is 0. The highest BCUT2D eigenvalue weighted by molar-refractivity contribution is 5.69. The van der Waals surface area contributed by atoms with Crippen LogP contribution in [0.4, 0.5) is 0 Å². The second kappa shape index (κ2) is 37.4. The Morgan fingerprint density at radius 1 is 0.571 bits per heavy atom. The minimum Gasteiger partial charge on any atom is -0.457 e. The Morgan fingerprint density at radius 3 is 1.48 bits per heavy atom. The van der Waals surface area contributed by atoms with Crippen LogP contribution in [0, 0.1) is 0 Å². The fourth-order valence-corrected chi connectivity index (χ4v) is 5.45. The van der Waals surface area contributed by atoms with E-state index in [2.05, 4.69) is 123 Å². The maximum Gasteiger partial charge on any atom is 0.306 e. The van der Waals surface area contributed by atoms with E-state index in [0.29, 0.717) is 13.0 Å². The van der Waals surface area contributed by atoms with Crippen molar-refractivity contribution < 1.29 is 44.2 Å². The molecular weight excluding hydrogens is 709 g/mol. The van der Waals surface area contributed by atoms with Crippen molar-refractivity contribution in [1.29, 1.82) is 0 Å². The zero-order chi connectivity index (χ0) is 40.7. The van der Waals surface area contributed by atoms with Gasteiger partial charge in [-0.1, -0.05) is 123 Å². The lowest BCUT2D eigenvalue weighted by molar-refractivity contribution is -0.305. The molecule has 1 rings (SSSR count). The van der Waals surface area contributed by atoms with E-state index >= 15 is 0 Å². The number of aliphatic hydroxyl groups is 4. The molecule has 0 aromatic heterocycles. The highest BCUT2D eigenvalue weighted by atomic mass is 16.7. The van der Waals surface area contributed by atoms with Crippen LogP contribution in [0.5, 0.6) is 0 Å². The Kier molecular flexibility index (Phi) is 34.0. The molecule has 1 aliphatic rings. The quantitative estimate of drug-likeness (QED) is 0.0292. The monoisotopic (exact) mass is 783 g/mol. The molecule has 0 aromatic carbocycles. The number of allylic oxidation sites excluding steroid dienone is 18. The van der Waals surface area contributed by atoms with Gasteiger partial charge in [0.2, 0.25) is 0 Å². The Hall–Kier alpha value is -3.15. The van der Waals surface area contributed by atoms with E-state index in [0.717, 1.165) is 89.9 Å². The van der Waals surface area contributed by atoms with Crippen LogP contribution in [0.3, 0.4) is 0 Å². The summed E-state index contributed by atoms with van der Waals surface area (Å²) in [6.07, 6.45) is 45.5. The Bertz CT molecular complexity index is 1210. The largest absolute Gasteiger partial charge is 0.457 e. The van der Waals surface area contributed by atoms with Gasteiger partial charge in [0.1, 0.15) is 30.5 Å². The van der Waals surface area contributed by atoms with E-state index in [1.54, 1.807) is 0 Å². The number of unbranched alkanes of at least 4 members (excludes halogenated alkanes) is 4. The van der Waals surface area contributed by atoms with Gasteiger partial charge in [0.15, 0.2) is 6.29 Å². The van der Waals surface area contributed by atoms with E-state index in [-0.39, 0.29) is 25.6 Å². The molecule has 316 valence electrons. The Balaban J connectivity index is 2.38. The highest BCUT2D eigenvalue weighted by Crippen LogP contribution is 2.22. The molecule has 0 aromatic rings. The topological polar surface area (TPSA) is 135 Å². The van der Waals surface area contributed by atoms with Crippen molar-refractivity contribution >= 4 is 5.97 Å². The zero-order valence-electron chi connectivity index (χ0n) is 34.3. The fourth-order valence-electron chi connectivity index (χ4n) is 5.45. The summed E-state index contributed by atoms with van der Waals surface area (Å²) in [5.41, 5.74) is 0. The molecule has 0 saturated carbocycles. The molecule has 4 N–H and O–H groups in total. The second-order valence-corrected chi connectivity index (χ2v) is 13.7. The van der Waals surface area contributed by atoms with Gasteiger partial charge in [-0.25, -0.2) is 0 Å². The first-order valence-electron chi connectivity index (χ1n) is 21.0. The van der Waals surface area contributed by atoms with E-state index in [1.165, 1.54) is 0 Å². The Morgan fingerprint density at radius 2 is 1.02 bits per heavy atom. The van der Waals surface area contributed by atoms with E-state index in [4.69, 9.17) is 18.9 Å². The summed E-state index contributed by atoms with van der Waals surface area (Å²) in [4.78, 5) is 12.7. The SMILES string of the molecule is CC/C=C\C/C=C\C/C=C\C/C=C\C/C=C\CCCCOCC(COC1OC(CO)C(O)C(O)C1O)OC(=O)CCCC/C=C\C/C=C\C/C=C\C/C=C\CC. The first-order chi connectivity index (χ1) is 27.4. The first kappa shape index (κ1) is 50.9. The molecule has 1 heterocycles. The molecule has 0 amide bonds. The molecule has 6 unspecified atom stereocenters. The van der Waals surface area contributed by atoms with Gasteiger partial charge in [0, 0.05) is 13.0 Å². The van der Waals surface area contributed by atoms with E-state index in [9.17, 15) is 25.2 Å². The fraction of sp³-hybridized carbons (Fsp3) is 0.596. The van der Waals surface area contributed by atoms with Gasteiger partial charge in [-0.05, 0) is 96.3 Å². The number of aliphatic hydroxyl groups excluding tert-OH is 4. The van der Waals surface area contributed by atoms with Crippen LogP contribution >= 0.6 is 0 Å². The number of carbonyl (C=O) groups is 1. The van der Waals surface area contributed by atoms with Crippen LogP contribution in [0.1, 0.15) is 117 Å². The third-order valence-corrected chi connectivity index (χ3v) is 8.68. The second-order valence-electron chi connectivity index (χ2n) is 13.7. The molecule has 0 aliphatic carbocycles. The van der Waals surface area contributed by atoms with Crippen molar-refractivity contribution in [2.75, 3.05) is 26.4 Å². The van der Waals surface area contributed by atoms with Crippen LogP contribution in [0.15, 0.2) is 109 Å². The minimum absolute atomic E-state index is 0.0901. The van der Waals surface area contributed by atoms with Gasteiger partial charge >= 0.3 is 5.97 Å². The number of hydrogen-bond acceptors (Lipinski definition) is 9. The normalized spacial score (nSPS) is 21.7. The van der Waals surface area contributed by atoms with Gasteiger partial charge in [-0.2, -0.15) is 0 Å². The summed E-state index contributed by atoms with van der Waals surface area (Å²) in [6, 6.07) is 0. The average Bonchev–Trinajstić information content (AvgIpc) is 3.20. The van der Waals surface area contributed by atoms with Crippen molar-refractivity contribution in [3.05, 3.63) is 109 Å². The molecule has 0 spiro atoms. The Labute approximate surface area is 338 Å². The van der Waals surface area contributed by atoms with Crippen LogP contribution in [-0.4, -0.2) is 89.6 Å². The molecule has 6 atom stereocenters. The van der Waals surface area contributed by atoms with Gasteiger partial charge in [-0.15, -0.1) is 0 Å². The maximum atomic E-state index is 12.7. The molecular formula is C47H74O9. The van der Waals surface area contributed by atoms with Gasteiger partial charge in [0.05, 0.1) is 19.8 Å². The predicted octanol–water partition coefficient (Wildman–Crippen LogP) is 9.02. The lowest BCUT2D eigenvalue weighted by atomic mass is 9.99. The summed E-state index contributed by atoms with van der Waals surface area (Å²) < 4.78 is 22.7. The van der Waals surface area contributed by atoms with Gasteiger partial charge in [-0.3, -0.25) is 4.79 Å². The minimum atomic E-state index is -1.56. The summed E-state index contributed by atoms with van der Waals surface area (Å²) >= 11 is 0. The number of hydrogen-bond donors (Lipinski definition) is 4. The van der Waals surface area contributed by atoms with Crippen LogP contribution < -0.4 is 0 Å². The van der Waals surface area contributed by atoms with Crippen molar-refractivity contribution in [3.63, 3.8) is 0 Å². The summed E-state index contributed by atoms with van der Waals surface area (Å²) in [6.45, 7) is 4.12. The standard InChI is InChI=1S/C47H74O9/c1-3-5-7-9-11-13-15-17-19-20-21-23-25-27-29-31-33-35-37-53-39-41(40-54-47-46(52)45(51)44(50)42(38-48)56-47)55-43(49)36-34-32-30-28-26-24-22-18-16-14-12-10-8-6-4-2/h5-8,11-14,17-19,21-23,26-29,41-42,44-48,50-52H,3-4,9-10,15-16,20,24-25,30-40H2,1-2H3/b7-5-,8-6-,13-11-,14-12-,19-17-,22-18-,23-21-,28-26-,29-27-. The predicted molar refractivity (Wildman–Crippen MR) is 228 cm³/mol. The van der Waals surface area contributed by atoms with Crippen LogP contribution in [0.2, 0.25) is 0 Å². The first-order valence-corrected chi connectivity index (χ1v) is 21.0. The highest BCUT2D eigenvalue weighted by Gasteiger charge is 2.44. The number of carbonyl (C=O) groups excluding carboxylic acids is 1. The number of esters is 1. The van der Waals surface area contributed by atoms with Gasteiger partial charge in [0.25, 0.3) is 0 Å². The lowest BCUT2D eigenvalue weighted by Gasteiger charge is -2.39. The molecule has 0 bridgehead atoms. The van der Waals surface area contributed by atoms with Crippen LogP contribution in [-0.2, 0) is 23.7 Å². The number of rotatable bonds is 33. The third-order valence-electron chi connectivity index (χ3n) is 8.68. The molecule has 1 aliphatic heterocycles. The van der Waals surface area contributed by atoms with E-state index in [1.807, 2.05) is 0 Å². The molecule has 56 heavy (non-hydrogen) atoms. The number of ether oxygens (including phenoxy) is 4. The third kappa shape index (κ3) is 28.3. The van der Waals surface area contributed by atoms with Crippen molar-refractivity contribution in [2.24, 2.45) is 0 Å². The van der Waals surface area contributed by atoms with Crippen molar-refractivity contribution in [1.82, 2.24) is 0 Å². The average molecular weight is 783 g/mol. The molecule has 9 nitrogen and oxygen atoms in total. The summed E-state index contributed by atoms with van der Waals surface area (Å²) in [5.74, 6) is -0.375. The molecule has 0 radical (unpaired) electrons. The van der Waals surface area contributed by atoms with Crippen molar-refractivity contribution in [3.8, 4) is 0 Å². The zero-order valence-corrected chi connectivity index (χ0v) is 34.3. The van der Waals surface area contributed by atoms with Crippen molar-refractivity contribution in [2.45, 2.75) is 153 Å². The van der Waals surface area contributed by atoms with Crippen LogP contribution in [0.25, 0.3) is 0 Å². The smallest absolute Gasteiger partial charge is 0.306 e. The molecule has 1 fully saturated rings. The molecule has 1 saturated heterocycles. The molecule has 9 heteroatoms. The summed E-state index contributed by atoms with van der Waals surface area (Å²) in [5, 5.41) is 40.0.